The lowest BCUT2D eigenvalue weighted by Crippen LogP contribution is -2.30. The molecule has 0 unspecified atom stereocenters. The smallest absolute Gasteiger partial charge is 0.285 e. The molecule has 3 rings (SSSR count). The molecule has 21 heavy (non-hydrogen) atoms. The molecule has 6 nitrogen and oxygen atoms in total. The van der Waals surface area contributed by atoms with E-state index in [1.165, 1.54) is 0 Å². The minimum absolute atomic E-state index is 0.151. The number of imidazole rings is 1. The molecule has 1 aliphatic heterocycles. The zero-order chi connectivity index (χ0) is 15.2. The number of nitrogens with one attached hydrogen (secondary N) is 1. The van der Waals surface area contributed by atoms with Crippen LogP contribution in [0.4, 0.5) is 0 Å². The molecule has 0 saturated heterocycles. The molecule has 0 aromatic carbocycles. The van der Waals surface area contributed by atoms with E-state index in [1.54, 1.807) is 12.3 Å². The number of aryl methyl sites for hydroxylation is 4. The second-order valence-corrected chi connectivity index (χ2v) is 8.24. The second kappa shape index (κ2) is 4.96. The Labute approximate surface area is 126 Å². The third-order valence-electron chi connectivity index (χ3n) is 3.53. The van der Waals surface area contributed by atoms with E-state index in [9.17, 15) is 13.2 Å². The van der Waals surface area contributed by atoms with Crippen molar-refractivity contribution in [3.8, 4) is 0 Å². The van der Waals surface area contributed by atoms with Crippen molar-refractivity contribution in [3.63, 3.8) is 0 Å². The van der Waals surface area contributed by atoms with Crippen LogP contribution in [0.3, 0.4) is 0 Å². The van der Waals surface area contributed by atoms with Gasteiger partial charge in [-0.2, -0.15) is 0 Å². The van der Waals surface area contributed by atoms with Gasteiger partial charge in [-0.05, 0) is 31.9 Å². The number of hydrogen-bond acceptors (Lipinski definition) is 5. The van der Waals surface area contributed by atoms with Crippen LogP contribution in [-0.4, -0.2) is 23.9 Å². The number of nitrogens with zero attached hydrogens (tertiary/aromatic N) is 2. The van der Waals surface area contributed by atoms with Gasteiger partial charge in [0.15, 0.2) is 0 Å². The zero-order valence-corrected chi connectivity index (χ0v) is 13.3. The molecule has 1 N–H and O–H groups in total. The van der Waals surface area contributed by atoms with Gasteiger partial charge >= 0.3 is 0 Å². The Kier molecular flexibility index (Phi) is 3.37. The van der Waals surface area contributed by atoms with E-state index in [4.69, 9.17) is 0 Å². The van der Waals surface area contributed by atoms with Crippen LogP contribution in [0, 0.1) is 13.8 Å². The first-order valence-electron chi connectivity index (χ1n) is 6.57. The van der Waals surface area contributed by atoms with Crippen LogP contribution >= 0.6 is 11.3 Å². The fourth-order valence-electron chi connectivity index (χ4n) is 2.26. The summed E-state index contributed by atoms with van der Waals surface area (Å²) in [6.45, 7) is 4.51. The molecular weight excluding hydrogens is 310 g/mol. The van der Waals surface area contributed by atoms with Gasteiger partial charge in [0.25, 0.3) is 15.9 Å². The van der Waals surface area contributed by atoms with E-state index in [0.29, 0.717) is 0 Å². The summed E-state index contributed by atoms with van der Waals surface area (Å²) in [6, 6.07) is 1.57. The van der Waals surface area contributed by atoms with Crippen molar-refractivity contribution in [2.45, 2.75) is 37.4 Å². The fraction of sp³-hybridized carbons (Fsp3) is 0.385. The van der Waals surface area contributed by atoms with E-state index in [1.807, 2.05) is 18.4 Å². The van der Waals surface area contributed by atoms with E-state index >= 15 is 0 Å². The summed E-state index contributed by atoms with van der Waals surface area (Å²) in [7, 11) is -3.83. The highest BCUT2D eigenvalue weighted by atomic mass is 32.2. The van der Waals surface area contributed by atoms with Gasteiger partial charge in [-0.3, -0.25) is 4.79 Å². The van der Waals surface area contributed by atoms with Crippen molar-refractivity contribution in [3.05, 3.63) is 34.2 Å². The van der Waals surface area contributed by atoms with E-state index in [0.717, 1.165) is 47.0 Å². The molecule has 0 saturated carbocycles. The summed E-state index contributed by atoms with van der Waals surface area (Å²) < 4.78 is 28.5. The summed E-state index contributed by atoms with van der Waals surface area (Å²) in [5.74, 6) is 0.154. The number of rotatable bonds is 3. The van der Waals surface area contributed by atoms with Crippen molar-refractivity contribution in [2.24, 2.45) is 0 Å². The first-order chi connectivity index (χ1) is 9.87. The predicted octanol–water partition coefficient (Wildman–Crippen LogP) is 1.63. The lowest BCUT2D eigenvalue weighted by Gasteiger charge is -2.02. The number of carbonyl (C=O) groups excluding carboxylic acids is 1. The van der Waals surface area contributed by atoms with Crippen LogP contribution in [0.25, 0.3) is 0 Å². The molecule has 0 aliphatic carbocycles. The standard InChI is InChI=1S/C13H15N3O3S2/c1-8-6-12(20-9(8)2)21(18,19)15-13(17)10-7-16-5-3-4-11(16)14-10/h6-7H,3-5H2,1-2H3,(H,15,17). The molecule has 8 heteroatoms. The number of thiophene rings is 1. The Morgan fingerprint density at radius 3 is 2.81 bits per heavy atom. The van der Waals surface area contributed by atoms with Crippen molar-refractivity contribution in [1.82, 2.24) is 14.3 Å². The van der Waals surface area contributed by atoms with E-state index in [-0.39, 0.29) is 9.90 Å². The predicted molar refractivity (Wildman–Crippen MR) is 79.0 cm³/mol. The summed E-state index contributed by atoms with van der Waals surface area (Å²) in [6.07, 6.45) is 3.44. The molecule has 0 radical (unpaired) electrons. The normalized spacial score (nSPS) is 14.2. The zero-order valence-electron chi connectivity index (χ0n) is 11.7. The minimum Gasteiger partial charge on any atom is -0.334 e. The second-order valence-electron chi connectivity index (χ2n) is 5.08. The van der Waals surface area contributed by atoms with E-state index in [2.05, 4.69) is 9.71 Å². The molecule has 2 aromatic heterocycles. The largest absolute Gasteiger partial charge is 0.334 e. The average Bonchev–Trinajstić information content (AvgIpc) is 3.04. The lowest BCUT2D eigenvalue weighted by molar-refractivity contribution is 0.0977. The van der Waals surface area contributed by atoms with Gasteiger partial charge < -0.3 is 4.57 Å². The highest BCUT2D eigenvalue weighted by Gasteiger charge is 2.24. The number of carbonyl (C=O) groups is 1. The monoisotopic (exact) mass is 325 g/mol. The maximum atomic E-state index is 12.2. The maximum absolute atomic E-state index is 12.2. The van der Waals surface area contributed by atoms with Crippen LogP contribution in [-0.2, 0) is 23.0 Å². The number of hydrogen-bond donors (Lipinski definition) is 1. The maximum Gasteiger partial charge on any atom is 0.285 e. The summed E-state index contributed by atoms with van der Waals surface area (Å²) >= 11 is 1.15. The molecular formula is C13H15N3O3S2. The quantitative estimate of drug-likeness (QED) is 0.930. The van der Waals surface area contributed by atoms with Gasteiger partial charge in [0.05, 0.1) is 0 Å². The molecule has 112 valence electrons. The van der Waals surface area contributed by atoms with Gasteiger partial charge in [-0.15, -0.1) is 11.3 Å². The Hall–Kier alpha value is -1.67. The van der Waals surface area contributed by atoms with Crippen molar-refractivity contribution in [1.29, 1.82) is 0 Å². The van der Waals surface area contributed by atoms with E-state index < -0.39 is 15.9 Å². The van der Waals surface area contributed by atoms with Crippen LogP contribution < -0.4 is 4.72 Å². The van der Waals surface area contributed by atoms with Gasteiger partial charge in [-0.25, -0.2) is 18.1 Å². The average molecular weight is 325 g/mol. The minimum atomic E-state index is -3.83. The highest BCUT2D eigenvalue weighted by molar-refractivity contribution is 7.92. The van der Waals surface area contributed by atoms with Crippen LogP contribution in [0.2, 0.25) is 0 Å². The first kappa shape index (κ1) is 14.3. The third-order valence-corrected chi connectivity index (χ3v) is 6.48. The van der Waals surface area contributed by atoms with Crippen molar-refractivity contribution in [2.75, 3.05) is 0 Å². The van der Waals surface area contributed by atoms with Crippen LogP contribution in [0.15, 0.2) is 16.5 Å². The number of aromatic nitrogens is 2. The van der Waals surface area contributed by atoms with Crippen LogP contribution in [0.5, 0.6) is 0 Å². The van der Waals surface area contributed by atoms with Crippen LogP contribution in [0.1, 0.15) is 33.2 Å². The molecule has 0 fully saturated rings. The van der Waals surface area contributed by atoms with Gasteiger partial charge in [0.2, 0.25) is 0 Å². The van der Waals surface area contributed by atoms with Crippen molar-refractivity contribution >= 4 is 27.3 Å². The number of fused-ring (bicyclic) bond motifs is 1. The van der Waals surface area contributed by atoms with Gasteiger partial charge in [-0.1, -0.05) is 0 Å². The molecule has 1 aliphatic rings. The fourth-order valence-corrected chi connectivity index (χ4v) is 4.74. The number of amides is 1. The van der Waals surface area contributed by atoms with Gasteiger partial charge in [0, 0.05) is 24.0 Å². The summed E-state index contributed by atoms with van der Waals surface area (Å²) in [4.78, 5) is 17.2. The molecule has 1 amide bonds. The number of sulfonamides is 1. The summed E-state index contributed by atoms with van der Waals surface area (Å²) in [5, 5.41) is 0. The Balaban J connectivity index is 1.83. The third kappa shape index (κ3) is 2.60. The molecule has 0 atom stereocenters. The SMILES string of the molecule is Cc1cc(S(=O)(=O)NC(=O)c2cn3c(n2)CCC3)sc1C. The Morgan fingerprint density at radius 1 is 1.43 bits per heavy atom. The Morgan fingerprint density at radius 2 is 2.19 bits per heavy atom. The lowest BCUT2D eigenvalue weighted by atomic mass is 10.3. The Bertz CT molecular complexity index is 777. The molecule has 0 bridgehead atoms. The molecule has 0 spiro atoms. The van der Waals surface area contributed by atoms with Gasteiger partial charge in [0.1, 0.15) is 15.7 Å². The molecule has 2 aromatic rings. The first-order valence-corrected chi connectivity index (χ1v) is 8.87. The topological polar surface area (TPSA) is 81.1 Å². The summed E-state index contributed by atoms with van der Waals surface area (Å²) in [5.41, 5.74) is 1.05. The van der Waals surface area contributed by atoms with Crippen molar-refractivity contribution < 1.29 is 13.2 Å². The molecule has 3 heterocycles. The highest BCUT2D eigenvalue weighted by Crippen LogP contribution is 2.25.